The van der Waals surface area contributed by atoms with Crippen molar-refractivity contribution in [2.24, 2.45) is 0 Å². The van der Waals surface area contributed by atoms with Crippen molar-refractivity contribution in [3.8, 4) is 0 Å². The van der Waals surface area contributed by atoms with E-state index in [9.17, 15) is 8.78 Å². The Morgan fingerprint density at radius 2 is 1.71 bits per heavy atom. The molecule has 2 aromatic rings. The predicted octanol–water partition coefficient (Wildman–Crippen LogP) is 2.39. The second-order valence-corrected chi connectivity index (χ2v) is 3.54. The molecule has 6 heteroatoms. The van der Waals surface area contributed by atoms with Gasteiger partial charge in [-0.15, -0.1) is 0 Å². The van der Waals surface area contributed by atoms with Crippen LogP contribution in [0.25, 0.3) is 0 Å². The van der Waals surface area contributed by atoms with Gasteiger partial charge in [-0.2, -0.15) is 4.98 Å². The number of benzene rings is 1. The summed E-state index contributed by atoms with van der Waals surface area (Å²) in [7, 11) is 0. The molecule has 0 radical (unpaired) electrons. The quantitative estimate of drug-likeness (QED) is 0.840. The minimum Gasteiger partial charge on any atom is -0.368 e. The van der Waals surface area contributed by atoms with Gasteiger partial charge in [-0.3, -0.25) is 0 Å². The number of aromatic nitrogens is 2. The van der Waals surface area contributed by atoms with Gasteiger partial charge in [-0.05, 0) is 19.1 Å². The highest BCUT2D eigenvalue weighted by Crippen LogP contribution is 2.18. The molecule has 0 atom stereocenters. The van der Waals surface area contributed by atoms with Gasteiger partial charge in [0.15, 0.2) is 0 Å². The zero-order valence-electron chi connectivity index (χ0n) is 9.04. The molecule has 0 bridgehead atoms. The lowest BCUT2D eigenvalue weighted by Gasteiger charge is -2.07. The highest BCUT2D eigenvalue weighted by Gasteiger charge is 2.03. The molecule has 0 fully saturated rings. The molecule has 0 spiro atoms. The lowest BCUT2D eigenvalue weighted by molar-refractivity contribution is 0.584. The number of rotatable bonds is 2. The maximum Gasteiger partial charge on any atom is 0.222 e. The molecule has 0 amide bonds. The Labute approximate surface area is 96.5 Å². The summed E-state index contributed by atoms with van der Waals surface area (Å²) in [5.41, 5.74) is 6.39. The molecule has 2 rings (SSSR count). The maximum absolute atomic E-state index is 13.0. The van der Waals surface area contributed by atoms with Crippen molar-refractivity contribution in [1.29, 1.82) is 0 Å². The van der Waals surface area contributed by atoms with E-state index in [2.05, 4.69) is 15.3 Å². The van der Waals surface area contributed by atoms with Gasteiger partial charge in [0.1, 0.15) is 17.5 Å². The Hall–Kier alpha value is -2.24. The van der Waals surface area contributed by atoms with Gasteiger partial charge in [0.25, 0.3) is 0 Å². The number of halogens is 2. The molecule has 0 aliphatic carbocycles. The van der Waals surface area contributed by atoms with Crippen LogP contribution in [0, 0.1) is 18.6 Å². The number of hydrogen-bond acceptors (Lipinski definition) is 4. The molecule has 1 aromatic carbocycles. The number of nitrogens with two attached hydrogens (primary N) is 1. The Morgan fingerprint density at radius 3 is 2.29 bits per heavy atom. The van der Waals surface area contributed by atoms with Crippen LogP contribution in [-0.2, 0) is 0 Å². The third-order valence-corrected chi connectivity index (χ3v) is 2.01. The summed E-state index contributed by atoms with van der Waals surface area (Å²) in [4.78, 5) is 7.79. The molecule has 0 saturated carbocycles. The molecule has 1 aromatic heterocycles. The molecule has 0 aliphatic heterocycles. The molecule has 0 saturated heterocycles. The van der Waals surface area contributed by atoms with E-state index in [4.69, 9.17) is 5.73 Å². The number of nitrogens with zero attached hydrogens (tertiary/aromatic N) is 2. The largest absolute Gasteiger partial charge is 0.368 e. The maximum atomic E-state index is 13.0. The normalized spacial score (nSPS) is 10.3. The molecular weight excluding hydrogens is 226 g/mol. The number of anilines is 3. The van der Waals surface area contributed by atoms with Gasteiger partial charge >= 0.3 is 0 Å². The molecule has 4 nitrogen and oxygen atoms in total. The predicted molar refractivity (Wildman–Crippen MR) is 60.8 cm³/mol. The molecule has 0 unspecified atom stereocenters. The Kier molecular flexibility index (Phi) is 2.86. The van der Waals surface area contributed by atoms with E-state index in [0.29, 0.717) is 11.5 Å². The first-order valence-corrected chi connectivity index (χ1v) is 4.87. The average molecular weight is 236 g/mol. The monoisotopic (exact) mass is 236 g/mol. The number of hydrogen-bond donors (Lipinski definition) is 2. The average Bonchev–Trinajstić information content (AvgIpc) is 2.13. The summed E-state index contributed by atoms with van der Waals surface area (Å²) >= 11 is 0. The van der Waals surface area contributed by atoms with Gasteiger partial charge in [-0.1, -0.05) is 0 Å². The summed E-state index contributed by atoms with van der Waals surface area (Å²) in [5.74, 6) is -0.832. The van der Waals surface area contributed by atoms with Crippen molar-refractivity contribution >= 4 is 17.5 Å². The third kappa shape index (κ3) is 2.87. The first-order chi connectivity index (χ1) is 8.02. The van der Waals surface area contributed by atoms with Gasteiger partial charge in [0.05, 0.1) is 0 Å². The van der Waals surface area contributed by atoms with E-state index in [-0.39, 0.29) is 11.6 Å². The minimum atomic E-state index is -0.661. The summed E-state index contributed by atoms with van der Waals surface area (Å²) in [6.45, 7) is 1.75. The van der Waals surface area contributed by atoms with E-state index in [1.165, 1.54) is 0 Å². The summed E-state index contributed by atoms with van der Waals surface area (Å²) in [6, 6.07) is 4.75. The fraction of sp³-hybridized carbons (Fsp3) is 0.0909. The lowest BCUT2D eigenvalue weighted by Crippen LogP contribution is -2.01. The highest BCUT2D eigenvalue weighted by molar-refractivity contribution is 5.57. The number of nitrogens with one attached hydrogen (secondary N) is 1. The lowest BCUT2D eigenvalue weighted by atomic mass is 10.3. The van der Waals surface area contributed by atoms with Crippen molar-refractivity contribution in [3.05, 3.63) is 41.6 Å². The van der Waals surface area contributed by atoms with E-state index in [1.54, 1.807) is 13.0 Å². The van der Waals surface area contributed by atoms with Gasteiger partial charge in [0, 0.05) is 23.5 Å². The van der Waals surface area contributed by atoms with Crippen LogP contribution >= 0.6 is 0 Å². The molecular formula is C11H10F2N4. The third-order valence-electron chi connectivity index (χ3n) is 2.01. The van der Waals surface area contributed by atoms with Gasteiger partial charge in [-0.25, -0.2) is 13.8 Å². The second kappa shape index (κ2) is 4.32. The van der Waals surface area contributed by atoms with Crippen molar-refractivity contribution in [3.63, 3.8) is 0 Å². The van der Waals surface area contributed by atoms with Crippen LogP contribution in [0.5, 0.6) is 0 Å². The first-order valence-electron chi connectivity index (χ1n) is 4.87. The van der Waals surface area contributed by atoms with Crippen LogP contribution in [-0.4, -0.2) is 9.97 Å². The smallest absolute Gasteiger partial charge is 0.222 e. The van der Waals surface area contributed by atoms with Crippen LogP contribution < -0.4 is 11.1 Å². The summed E-state index contributed by atoms with van der Waals surface area (Å²) in [6.07, 6.45) is 0. The SMILES string of the molecule is Cc1cc(Nc2cc(F)cc(F)c2)nc(N)n1. The van der Waals surface area contributed by atoms with Crippen LogP contribution in [0.3, 0.4) is 0 Å². The van der Waals surface area contributed by atoms with E-state index in [0.717, 1.165) is 18.2 Å². The standard InChI is InChI=1S/C11H10F2N4/c1-6-2-10(17-11(14)15-6)16-9-4-7(12)3-8(13)5-9/h2-5H,1H3,(H3,14,15,16,17). The molecule has 3 N–H and O–H groups in total. The van der Waals surface area contributed by atoms with E-state index < -0.39 is 11.6 Å². The summed E-state index contributed by atoms with van der Waals surface area (Å²) < 4.78 is 25.9. The minimum absolute atomic E-state index is 0.101. The highest BCUT2D eigenvalue weighted by atomic mass is 19.1. The zero-order valence-corrected chi connectivity index (χ0v) is 9.04. The fourth-order valence-corrected chi connectivity index (χ4v) is 1.43. The summed E-state index contributed by atoms with van der Waals surface area (Å²) in [5, 5.41) is 2.76. The second-order valence-electron chi connectivity index (χ2n) is 3.54. The zero-order chi connectivity index (χ0) is 12.4. The van der Waals surface area contributed by atoms with Crippen LogP contribution in [0.1, 0.15) is 5.69 Å². The molecule has 0 aliphatic rings. The van der Waals surface area contributed by atoms with Crippen molar-refractivity contribution in [2.45, 2.75) is 6.92 Å². The van der Waals surface area contributed by atoms with Gasteiger partial charge in [0.2, 0.25) is 5.95 Å². The number of nitrogen functional groups attached to an aromatic ring is 1. The number of aryl methyl sites for hydroxylation is 1. The molecule has 88 valence electrons. The van der Waals surface area contributed by atoms with E-state index >= 15 is 0 Å². The van der Waals surface area contributed by atoms with Crippen molar-refractivity contribution in [1.82, 2.24) is 9.97 Å². The van der Waals surface area contributed by atoms with Crippen LogP contribution in [0.2, 0.25) is 0 Å². The Morgan fingerprint density at radius 1 is 1.06 bits per heavy atom. The Balaban J connectivity index is 2.31. The van der Waals surface area contributed by atoms with Gasteiger partial charge < -0.3 is 11.1 Å². The van der Waals surface area contributed by atoms with E-state index in [1.807, 2.05) is 0 Å². The van der Waals surface area contributed by atoms with Crippen molar-refractivity contribution < 1.29 is 8.78 Å². The Bertz CT molecular complexity index is 467. The topological polar surface area (TPSA) is 63.8 Å². The van der Waals surface area contributed by atoms with Crippen molar-refractivity contribution in [2.75, 3.05) is 11.1 Å². The molecule has 1 heterocycles. The molecule has 17 heavy (non-hydrogen) atoms. The first kappa shape index (κ1) is 11.3. The fourth-order valence-electron chi connectivity index (χ4n) is 1.43. The van der Waals surface area contributed by atoms with Crippen LogP contribution in [0.4, 0.5) is 26.2 Å². The van der Waals surface area contributed by atoms with Crippen LogP contribution in [0.15, 0.2) is 24.3 Å².